The highest BCUT2D eigenvalue weighted by Crippen LogP contribution is 2.48. The monoisotopic (exact) mass is 450 g/mol. The quantitative estimate of drug-likeness (QED) is 0.567. The van der Waals surface area contributed by atoms with Crippen LogP contribution in [0.5, 0.6) is 5.75 Å². The smallest absolute Gasteiger partial charge is 0.227 e. The van der Waals surface area contributed by atoms with Crippen molar-refractivity contribution >= 4 is 11.6 Å². The van der Waals surface area contributed by atoms with Gasteiger partial charge >= 0.3 is 0 Å². The van der Waals surface area contributed by atoms with E-state index in [0.717, 1.165) is 68.4 Å². The molecule has 0 bridgehead atoms. The Hall–Kier alpha value is -2.40. The number of amides is 1. The first-order valence-corrected chi connectivity index (χ1v) is 12.5. The molecule has 1 spiro atoms. The second-order valence-electron chi connectivity index (χ2n) is 10.2. The van der Waals surface area contributed by atoms with Crippen LogP contribution in [0.1, 0.15) is 62.5 Å². The minimum atomic E-state index is -0.189. The van der Waals surface area contributed by atoms with Crippen LogP contribution in [0.4, 0.5) is 10.1 Å². The average molecular weight is 451 g/mol. The molecule has 3 aliphatic rings. The molecule has 2 aromatic carbocycles. The molecule has 176 valence electrons. The number of halogens is 1. The second kappa shape index (κ2) is 9.46. The van der Waals surface area contributed by atoms with Gasteiger partial charge in [0.1, 0.15) is 11.6 Å². The van der Waals surface area contributed by atoms with Crippen molar-refractivity contribution in [3.05, 3.63) is 59.4 Å². The zero-order valence-corrected chi connectivity index (χ0v) is 19.7. The van der Waals surface area contributed by atoms with Gasteiger partial charge in [-0.1, -0.05) is 37.8 Å². The van der Waals surface area contributed by atoms with E-state index < -0.39 is 0 Å². The molecule has 2 fully saturated rings. The van der Waals surface area contributed by atoms with E-state index in [4.69, 9.17) is 4.74 Å². The van der Waals surface area contributed by atoms with Crippen LogP contribution in [0.3, 0.4) is 0 Å². The number of ether oxygens (including phenoxy) is 1. The van der Waals surface area contributed by atoms with Crippen LogP contribution < -0.4 is 9.64 Å². The van der Waals surface area contributed by atoms with Crippen molar-refractivity contribution in [3.63, 3.8) is 0 Å². The molecule has 33 heavy (non-hydrogen) atoms. The van der Waals surface area contributed by atoms with Gasteiger partial charge in [-0.3, -0.25) is 9.69 Å². The molecule has 0 N–H and O–H groups in total. The van der Waals surface area contributed by atoms with Crippen molar-refractivity contribution in [1.29, 1.82) is 0 Å². The SMILES string of the molecule is COc1ccc2c(c1)C1(CCN(Cc3ccc(F)cc3)CC1)CN2C(=O)CCC1CCCC1. The maximum absolute atomic E-state index is 13.3. The zero-order chi connectivity index (χ0) is 22.8. The number of anilines is 1. The molecule has 0 radical (unpaired) electrons. The number of carbonyl (C=O) groups is 1. The molecule has 2 aliphatic heterocycles. The van der Waals surface area contributed by atoms with Gasteiger partial charge in [0.2, 0.25) is 5.91 Å². The molecule has 1 aliphatic carbocycles. The maximum atomic E-state index is 13.3. The lowest BCUT2D eigenvalue weighted by Gasteiger charge is -2.40. The standard InChI is InChI=1S/C28H35FN2O2/c1-33-24-11-12-26-25(18-24)28(20-31(26)27(32)13-8-21-4-2-3-5-21)14-16-30(17-15-28)19-22-6-9-23(29)10-7-22/h6-7,9-12,18,21H,2-5,8,13-17,19-20H2,1H3. The van der Waals surface area contributed by atoms with E-state index in [9.17, 15) is 9.18 Å². The summed E-state index contributed by atoms with van der Waals surface area (Å²) < 4.78 is 18.8. The summed E-state index contributed by atoms with van der Waals surface area (Å²) in [5.74, 6) is 1.68. The molecule has 5 heteroatoms. The van der Waals surface area contributed by atoms with E-state index in [0.29, 0.717) is 6.42 Å². The third-order valence-corrected chi connectivity index (χ3v) is 8.20. The van der Waals surface area contributed by atoms with Gasteiger partial charge in [-0.2, -0.15) is 0 Å². The molecule has 4 nitrogen and oxygen atoms in total. The molecule has 0 aromatic heterocycles. The Morgan fingerprint density at radius 2 is 1.82 bits per heavy atom. The van der Waals surface area contributed by atoms with Gasteiger partial charge in [0.15, 0.2) is 0 Å². The van der Waals surface area contributed by atoms with E-state index in [1.54, 1.807) is 7.11 Å². The normalized spacial score (nSPS) is 20.4. The number of methoxy groups -OCH3 is 1. The number of benzene rings is 2. The van der Waals surface area contributed by atoms with Crippen molar-refractivity contribution < 1.29 is 13.9 Å². The molecule has 0 atom stereocenters. The van der Waals surface area contributed by atoms with Crippen LogP contribution >= 0.6 is 0 Å². The first-order chi connectivity index (χ1) is 16.1. The lowest BCUT2D eigenvalue weighted by atomic mass is 9.74. The van der Waals surface area contributed by atoms with E-state index in [1.165, 1.54) is 43.4 Å². The number of likely N-dealkylation sites (tertiary alicyclic amines) is 1. The lowest BCUT2D eigenvalue weighted by molar-refractivity contribution is -0.119. The predicted octanol–water partition coefficient (Wildman–Crippen LogP) is 5.69. The summed E-state index contributed by atoms with van der Waals surface area (Å²) in [4.78, 5) is 17.8. The molecule has 5 rings (SSSR count). The van der Waals surface area contributed by atoms with Crippen LogP contribution in [0.25, 0.3) is 0 Å². The number of hydrogen-bond acceptors (Lipinski definition) is 3. The fourth-order valence-electron chi connectivity index (χ4n) is 6.17. The summed E-state index contributed by atoms with van der Waals surface area (Å²) in [6, 6.07) is 13.1. The van der Waals surface area contributed by atoms with Crippen LogP contribution in [0.2, 0.25) is 0 Å². The van der Waals surface area contributed by atoms with Crippen LogP contribution in [0, 0.1) is 11.7 Å². The number of rotatable bonds is 6. The van der Waals surface area contributed by atoms with Gasteiger partial charge in [-0.15, -0.1) is 0 Å². The first kappa shape index (κ1) is 22.4. The molecule has 1 amide bonds. The zero-order valence-electron chi connectivity index (χ0n) is 19.7. The second-order valence-corrected chi connectivity index (χ2v) is 10.2. The largest absolute Gasteiger partial charge is 0.497 e. The van der Waals surface area contributed by atoms with Crippen molar-refractivity contribution in [2.24, 2.45) is 5.92 Å². The minimum absolute atomic E-state index is 0.00775. The summed E-state index contributed by atoms with van der Waals surface area (Å²) in [7, 11) is 1.71. The van der Waals surface area contributed by atoms with Gasteiger partial charge < -0.3 is 9.64 Å². The van der Waals surface area contributed by atoms with E-state index in [-0.39, 0.29) is 17.1 Å². The molecule has 2 heterocycles. The average Bonchev–Trinajstić information content (AvgIpc) is 3.47. The van der Waals surface area contributed by atoms with Crippen molar-refractivity contribution in [2.75, 3.05) is 31.6 Å². The van der Waals surface area contributed by atoms with Gasteiger partial charge in [-0.25, -0.2) is 4.39 Å². The third-order valence-electron chi connectivity index (χ3n) is 8.20. The Morgan fingerprint density at radius 1 is 1.09 bits per heavy atom. The summed E-state index contributed by atoms with van der Waals surface area (Å²) in [6.07, 6.45) is 8.93. The Kier molecular flexibility index (Phi) is 6.42. The van der Waals surface area contributed by atoms with E-state index >= 15 is 0 Å². The number of fused-ring (bicyclic) bond motifs is 2. The minimum Gasteiger partial charge on any atom is -0.497 e. The fraction of sp³-hybridized carbons (Fsp3) is 0.536. The van der Waals surface area contributed by atoms with E-state index in [2.05, 4.69) is 21.9 Å². The van der Waals surface area contributed by atoms with Crippen LogP contribution in [-0.2, 0) is 16.8 Å². The number of piperidine rings is 1. The Bertz CT molecular complexity index is 976. The van der Waals surface area contributed by atoms with Crippen LogP contribution in [-0.4, -0.2) is 37.6 Å². The summed E-state index contributed by atoms with van der Waals surface area (Å²) in [5.41, 5.74) is 3.49. The molecular formula is C28H35FN2O2. The van der Waals surface area contributed by atoms with Gasteiger partial charge in [0.05, 0.1) is 7.11 Å². The lowest BCUT2D eigenvalue weighted by Crippen LogP contribution is -2.45. The predicted molar refractivity (Wildman–Crippen MR) is 129 cm³/mol. The molecule has 1 saturated carbocycles. The van der Waals surface area contributed by atoms with Gasteiger partial charge in [0.25, 0.3) is 0 Å². The molecule has 1 saturated heterocycles. The highest BCUT2D eigenvalue weighted by Gasteiger charge is 2.46. The van der Waals surface area contributed by atoms with E-state index in [1.807, 2.05) is 18.2 Å². The summed E-state index contributed by atoms with van der Waals surface area (Å²) >= 11 is 0. The highest BCUT2D eigenvalue weighted by atomic mass is 19.1. The van der Waals surface area contributed by atoms with Crippen LogP contribution in [0.15, 0.2) is 42.5 Å². The molecular weight excluding hydrogens is 415 g/mol. The molecule has 0 unspecified atom stereocenters. The summed E-state index contributed by atoms with van der Waals surface area (Å²) in [6.45, 7) is 3.56. The van der Waals surface area contributed by atoms with Crippen molar-refractivity contribution in [2.45, 2.75) is 63.3 Å². The number of hydrogen-bond donors (Lipinski definition) is 0. The first-order valence-electron chi connectivity index (χ1n) is 12.5. The number of nitrogens with zero attached hydrogens (tertiary/aromatic N) is 2. The van der Waals surface area contributed by atoms with Crippen molar-refractivity contribution in [3.8, 4) is 5.75 Å². The fourth-order valence-corrected chi connectivity index (χ4v) is 6.17. The third kappa shape index (κ3) is 4.65. The van der Waals surface area contributed by atoms with Gasteiger partial charge in [-0.05, 0) is 79.7 Å². The van der Waals surface area contributed by atoms with Gasteiger partial charge in [0, 0.05) is 30.6 Å². The summed E-state index contributed by atoms with van der Waals surface area (Å²) in [5, 5.41) is 0. The molecule has 2 aromatic rings. The number of carbonyl (C=O) groups excluding carboxylic acids is 1. The van der Waals surface area contributed by atoms with Crippen molar-refractivity contribution in [1.82, 2.24) is 4.90 Å². The maximum Gasteiger partial charge on any atom is 0.227 e. The Morgan fingerprint density at radius 3 is 2.52 bits per heavy atom. The topological polar surface area (TPSA) is 32.8 Å². The Labute approximate surface area is 196 Å². The highest BCUT2D eigenvalue weighted by molar-refractivity contribution is 5.96. The Balaban J connectivity index is 1.30.